The van der Waals surface area contributed by atoms with Gasteiger partial charge in [0.2, 0.25) is 0 Å². The summed E-state index contributed by atoms with van der Waals surface area (Å²) in [6.45, 7) is 4.13. The van der Waals surface area contributed by atoms with E-state index in [4.69, 9.17) is 0 Å². The van der Waals surface area contributed by atoms with Crippen molar-refractivity contribution < 1.29 is 8.42 Å². The van der Waals surface area contributed by atoms with Crippen molar-refractivity contribution in [3.63, 3.8) is 0 Å². The Morgan fingerprint density at radius 3 is 2.64 bits per heavy atom. The zero-order valence-corrected chi connectivity index (χ0v) is 9.43. The third kappa shape index (κ3) is 2.13. The van der Waals surface area contributed by atoms with Crippen LogP contribution in [0.1, 0.15) is 19.2 Å². The van der Waals surface area contributed by atoms with Crippen molar-refractivity contribution in [3.8, 4) is 0 Å². The summed E-state index contributed by atoms with van der Waals surface area (Å²) in [6.07, 6.45) is 2.14. The molecule has 0 atom stereocenters. The van der Waals surface area contributed by atoms with E-state index in [9.17, 15) is 8.42 Å². The maximum atomic E-state index is 11.7. The van der Waals surface area contributed by atoms with Crippen LogP contribution in [0.3, 0.4) is 0 Å². The van der Waals surface area contributed by atoms with E-state index in [-0.39, 0.29) is 5.03 Å². The van der Waals surface area contributed by atoms with Crippen molar-refractivity contribution in [1.29, 1.82) is 0 Å². The minimum absolute atomic E-state index is 0.212. The minimum Gasteiger partial charge on any atom is -0.321 e. The number of aryl methyl sites for hydroxylation is 1. The lowest BCUT2D eigenvalue weighted by molar-refractivity contribution is 0.569. The van der Waals surface area contributed by atoms with Gasteiger partial charge in [-0.2, -0.15) is 0 Å². The number of nitrogens with zero attached hydrogens (tertiary/aromatic N) is 2. The zero-order valence-electron chi connectivity index (χ0n) is 8.61. The van der Waals surface area contributed by atoms with Crippen LogP contribution in [-0.2, 0) is 17.1 Å². The topological polar surface area (TPSA) is 64.0 Å². The van der Waals surface area contributed by atoms with Gasteiger partial charge < -0.3 is 4.57 Å². The van der Waals surface area contributed by atoms with Crippen LogP contribution in [0.4, 0.5) is 0 Å². The van der Waals surface area contributed by atoms with Crippen LogP contribution in [0.15, 0.2) is 11.2 Å². The first kappa shape index (κ1) is 11.2. The Balaban J connectivity index is 2.99. The molecule has 0 spiro atoms. The van der Waals surface area contributed by atoms with E-state index in [1.54, 1.807) is 18.5 Å². The maximum Gasteiger partial charge on any atom is 0.257 e. The molecule has 0 bridgehead atoms. The van der Waals surface area contributed by atoms with E-state index in [1.165, 1.54) is 6.20 Å². The average Bonchev–Trinajstić information content (AvgIpc) is 2.45. The summed E-state index contributed by atoms with van der Waals surface area (Å²) in [4.78, 5) is 3.93. The third-order valence-corrected chi connectivity index (χ3v) is 3.51. The molecule has 80 valence electrons. The predicted octanol–water partition coefficient (Wildman–Crippen LogP) is 0.417. The van der Waals surface area contributed by atoms with E-state index in [0.717, 1.165) is 6.42 Å². The summed E-state index contributed by atoms with van der Waals surface area (Å²) >= 11 is 0. The van der Waals surface area contributed by atoms with Gasteiger partial charge in [-0.3, -0.25) is 0 Å². The lowest BCUT2D eigenvalue weighted by atomic mass is 10.5. The molecule has 1 aromatic heterocycles. The molecule has 0 aliphatic carbocycles. The van der Waals surface area contributed by atoms with Gasteiger partial charge in [0, 0.05) is 13.6 Å². The number of nitrogens with one attached hydrogen (secondary N) is 1. The number of imidazole rings is 1. The molecule has 0 amide bonds. The molecule has 0 radical (unpaired) electrons. The van der Waals surface area contributed by atoms with E-state index >= 15 is 0 Å². The largest absolute Gasteiger partial charge is 0.321 e. The Hall–Kier alpha value is -0.880. The van der Waals surface area contributed by atoms with Gasteiger partial charge >= 0.3 is 0 Å². The molecule has 5 nitrogen and oxygen atoms in total. The van der Waals surface area contributed by atoms with Crippen molar-refractivity contribution in [1.82, 2.24) is 14.3 Å². The average molecular weight is 217 g/mol. The van der Waals surface area contributed by atoms with Crippen molar-refractivity contribution in [3.05, 3.63) is 12.0 Å². The Bertz CT molecular complexity index is 408. The van der Waals surface area contributed by atoms with E-state index < -0.39 is 10.0 Å². The third-order valence-electron chi connectivity index (χ3n) is 2.00. The molecule has 0 aliphatic heterocycles. The Morgan fingerprint density at radius 1 is 1.57 bits per heavy atom. The van der Waals surface area contributed by atoms with Crippen LogP contribution in [0.25, 0.3) is 0 Å². The summed E-state index contributed by atoms with van der Waals surface area (Å²) in [5, 5.41) is 0.212. The second kappa shape index (κ2) is 4.10. The number of aromatic nitrogens is 2. The fourth-order valence-electron chi connectivity index (χ4n) is 1.04. The smallest absolute Gasteiger partial charge is 0.257 e. The molecule has 1 N–H and O–H groups in total. The van der Waals surface area contributed by atoms with Gasteiger partial charge in [-0.05, 0) is 13.3 Å². The van der Waals surface area contributed by atoms with Crippen LogP contribution in [0, 0.1) is 6.92 Å². The summed E-state index contributed by atoms with van der Waals surface area (Å²) in [5.41, 5.74) is 0. The highest BCUT2D eigenvalue weighted by molar-refractivity contribution is 7.89. The maximum absolute atomic E-state index is 11.7. The highest BCUT2D eigenvalue weighted by Gasteiger charge is 2.18. The van der Waals surface area contributed by atoms with E-state index in [1.807, 2.05) is 6.92 Å². The number of hydrogen-bond donors (Lipinski definition) is 1. The second-order valence-electron chi connectivity index (χ2n) is 3.10. The fraction of sp³-hybridized carbons (Fsp3) is 0.625. The van der Waals surface area contributed by atoms with Crippen LogP contribution in [-0.4, -0.2) is 24.5 Å². The fourth-order valence-corrected chi connectivity index (χ4v) is 2.35. The number of sulfonamides is 1. The number of rotatable bonds is 4. The molecule has 1 rings (SSSR count). The van der Waals surface area contributed by atoms with Gasteiger partial charge in [0.1, 0.15) is 5.82 Å². The SMILES string of the molecule is CCCNS(=O)(=O)c1cnc(C)n1C. The van der Waals surface area contributed by atoms with Crippen molar-refractivity contribution in [2.75, 3.05) is 6.54 Å². The first-order valence-electron chi connectivity index (χ1n) is 4.47. The van der Waals surface area contributed by atoms with E-state index in [2.05, 4.69) is 9.71 Å². The quantitative estimate of drug-likeness (QED) is 0.794. The Labute approximate surface area is 84.2 Å². The molecule has 0 aliphatic rings. The summed E-state index contributed by atoms with van der Waals surface area (Å²) in [7, 11) is -1.70. The molecule has 0 fully saturated rings. The molecule has 0 saturated heterocycles. The van der Waals surface area contributed by atoms with Crippen LogP contribution in [0.5, 0.6) is 0 Å². The first-order valence-corrected chi connectivity index (χ1v) is 5.95. The lowest BCUT2D eigenvalue weighted by Gasteiger charge is -2.05. The molecule has 0 saturated carbocycles. The minimum atomic E-state index is -3.38. The van der Waals surface area contributed by atoms with Gasteiger partial charge in [0.25, 0.3) is 10.0 Å². The lowest BCUT2D eigenvalue weighted by Crippen LogP contribution is -2.26. The van der Waals surface area contributed by atoms with Crippen LogP contribution in [0.2, 0.25) is 0 Å². The molecule has 0 unspecified atom stereocenters. The number of hydrogen-bond acceptors (Lipinski definition) is 3. The monoisotopic (exact) mass is 217 g/mol. The normalized spacial score (nSPS) is 11.9. The summed E-state index contributed by atoms with van der Waals surface area (Å²) in [5.74, 6) is 0.682. The van der Waals surface area contributed by atoms with Gasteiger partial charge in [-0.1, -0.05) is 6.92 Å². The van der Waals surface area contributed by atoms with Gasteiger partial charge in [0.05, 0.1) is 6.20 Å². The first-order chi connectivity index (χ1) is 6.49. The van der Waals surface area contributed by atoms with Gasteiger partial charge in [-0.25, -0.2) is 18.1 Å². The van der Waals surface area contributed by atoms with Crippen LogP contribution >= 0.6 is 0 Å². The summed E-state index contributed by atoms with van der Waals surface area (Å²) in [6, 6.07) is 0. The molecular formula is C8H15N3O2S. The van der Waals surface area contributed by atoms with Crippen LogP contribution < -0.4 is 4.72 Å². The molecule has 14 heavy (non-hydrogen) atoms. The standard InChI is InChI=1S/C8H15N3O2S/c1-4-5-10-14(12,13)8-6-9-7(2)11(8)3/h6,10H,4-5H2,1-3H3. The zero-order chi connectivity index (χ0) is 10.8. The molecule has 1 aromatic rings. The summed E-state index contributed by atoms with van der Waals surface area (Å²) < 4.78 is 27.4. The van der Waals surface area contributed by atoms with Gasteiger partial charge in [0.15, 0.2) is 5.03 Å². The Kier molecular flexibility index (Phi) is 3.28. The van der Waals surface area contributed by atoms with Crippen molar-refractivity contribution >= 4 is 10.0 Å². The molecule has 0 aromatic carbocycles. The highest BCUT2D eigenvalue weighted by Crippen LogP contribution is 2.08. The van der Waals surface area contributed by atoms with Gasteiger partial charge in [-0.15, -0.1) is 0 Å². The highest BCUT2D eigenvalue weighted by atomic mass is 32.2. The van der Waals surface area contributed by atoms with Crippen molar-refractivity contribution in [2.45, 2.75) is 25.3 Å². The molecule has 6 heteroatoms. The second-order valence-corrected chi connectivity index (χ2v) is 4.81. The van der Waals surface area contributed by atoms with E-state index in [0.29, 0.717) is 12.4 Å². The predicted molar refractivity (Wildman–Crippen MR) is 53.4 cm³/mol. The Morgan fingerprint density at radius 2 is 2.21 bits per heavy atom. The molecular weight excluding hydrogens is 202 g/mol. The van der Waals surface area contributed by atoms with Crippen molar-refractivity contribution in [2.24, 2.45) is 7.05 Å². The molecule has 1 heterocycles.